The van der Waals surface area contributed by atoms with Crippen LogP contribution in [0.15, 0.2) is 111 Å². The predicted molar refractivity (Wildman–Crippen MR) is 157 cm³/mol. The second-order valence-corrected chi connectivity index (χ2v) is 10.8. The normalized spacial score (nSPS) is 15.2. The molecule has 0 aliphatic carbocycles. The van der Waals surface area contributed by atoms with Gasteiger partial charge in [0.05, 0.1) is 34.0 Å². The first kappa shape index (κ1) is 29.1. The Hall–Kier alpha value is -5.03. The van der Waals surface area contributed by atoms with Crippen molar-refractivity contribution < 1.29 is 31.5 Å². The lowest BCUT2D eigenvalue weighted by Gasteiger charge is -2.25. The molecule has 6 rings (SSSR count). The minimum Gasteiger partial charge on any atom is -0.463 e. The summed E-state index contributed by atoms with van der Waals surface area (Å²) in [6.45, 7) is 1.75. The van der Waals surface area contributed by atoms with Gasteiger partial charge in [-0.1, -0.05) is 65.9 Å². The zero-order valence-corrected chi connectivity index (χ0v) is 23.8. The number of esters is 1. The number of ether oxygens (including phenoxy) is 1. The van der Waals surface area contributed by atoms with Crippen molar-refractivity contribution in [1.29, 1.82) is 0 Å². The van der Waals surface area contributed by atoms with Crippen LogP contribution in [0, 0.1) is 5.82 Å². The van der Waals surface area contributed by atoms with Crippen LogP contribution >= 0.6 is 11.3 Å². The van der Waals surface area contributed by atoms with Gasteiger partial charge in [-0.15, -0.1) is 0 Å². The van der Waals surface area contributed by atoms with Gasteiger partial charge >= 0.3 is 12.1 Å². The smallest absolute Gasteiger partial charge is 0.416 e. The first-order valence-corrected chi connectivity index (χ1v) is 14.3. The summed E-state index contributed by atoms with van der Waals surface area (Å²) in [5.41, 5.74) is 0.448. The predicted octanol–water partition coefficient (Wildman–Crippen LogP) is 6.35. The summed E-state index contributed by atoms with van der Waals surface area (Å²) in [4.78, 5) is 32.4. The fourth-order valence-electron chi connectivity index (χ4n) is 4.96. The number of aromatic nitrogens is 1. The quantitative estimate of drug-likeness (QED) is 0.164. The Morgan fingerprint density at radius 3 is 2.43 bits per heavy atom. The monoisotopic (exact) mass is 618 g/mol. The van der Waals surface area contributed by atoms with E-state index in [2.05, 4.69) is 0 Å². The molecular weight excluding hydrogens is 596 g/mol. The maximum atomic E-state index is 13.9. The molecule has 0 unspecified atom stereocenters. The number of hydrogen-bond donors (Lipinski definition) is 0. The number of benzene rings is 3. The average molecular weight is 619 g/mol. The summed E-state index contributed by atoms with van der Waals surface area (Å²) in [6.07, 6.45) is -3.04. The van der Waals surface area contributed by atoms with Crippen LogP contribution in [0.1, 0.15) is 35.4 Å². The van der Waals surface area contributed by atoms with Crippen molar-refractivity contribution in [2.45, 2.75) is 19.1 Å². The highest BCUT2D eigenvalue weighted by atomic mass is 32.1. The van der Waals surface area contributed by atoms with E-state index in [0.29, 0.717) is 16.8 Å². The number of alkyl halides is 3. The van der Waals surface area contributed by atoms with E-state index in [0.717, 1.165) is 23.5 Å². The van der Waals surface area contributed by atoms with Crippen molar-refractivity contribution in [2.75, 3.05) is 6.61 Å². The summed E-state index contributed by atoms with van der Waals surface area (Å²) < 4.78 is 66.4. The van der Waals surface area contributed by atoms with Gasteiger partial charge in [0.15, 0.2) is 4.80 Å². The third kappa shape index (κ3) is 5.53. The first-order chi connectivity index (χ1) is 21.1. The van der Waals surface area contributed by atoms with Crippen LogP contribution in [0.3, 0.4) is 0 Å². The van der Waals surface area contributed by atoms with Crippen molar-refractivity contribution in [3.05, 3.63) is 145 Å². The summed E-state index contributed by atoms with van der Waals surface area (Å²) in [7, 11) is 0. The van der Waals surface area contributed by atoms with E-state index in [1.165, 1.54) is 53.1 Å². The largest absolute Gasteiger partial charge is 0.463 e. The van der Waals surface area contributed by atoms with Gasteiger partial charge in [-0.3, -0.25) is 9.36 Å². The number of carbonyl (C=O) groups is 1. The van der Waals surface area contributed by atoms with E-state index >= 15 is 0 Å². The summed E-state index contributed by atoms with van der Waals surface area (Å²) in [5, 5.41) is 0. The molecule has 0 saturated heterocycles. The Morgan fingerprint density at radius 2 is 1.73 bits per heavy atom. The topological polar surface area (TPSA) is 73.8 Å². The van der Waals surface area contributed by atoms with Gasteiger partial charge < -0.3 is 9.15 Å². The van der Waals surface area contributed by atoms with Crippen LogP contribution in [0.2, 0.25) is 0 Å². The van der Waals surface area contributed by atoms with Gasteiger partial charge in [0, 0.05) is 17.2 Å². The fraction of sp³-hybridized carbons (Fsp3) is 0.121. The second-order valence-electron chi connectivity index (χ2n) is 9.76. The van der Waals surface area contributed by atoms with Gasteiger partial charge in [-0.05, 0) is 48.9 Å². The minimum absolute atomic E-state index is 0.0810. The molecule has 0 fully saturated rings. The van der Waals surface area contributed by atoms with E-state index < -0.39 is 35.1 Å². The Balaban J connectivity index is 1.52. The molecule has 44 heavy (non-hydrogen) atoms. The first-order valence-electron chi connectivity index (χ1n) is 13.5. The summed E-state index contributed by atoms with van der Waals surface area (Å²) in [5.74, 6) is -0.736. The number of fused-ring (bicyclic) bond motifs is 1. The molecule has 0 radical (unpaired) electrons. The molecule has 11 heteroatoms. The van der Waals surface area contributed by atoms with Crippen molar-refractivity contribution in [2.24, 2.45) is 4.99 Å². The molecule has 0 bridgehead atoms. The fourth-order valence-corrected chi connectivity index (χ4v) is 5.95. The molecule has 1 atom stereocenters. The number of halogens is 4. The number of rotatable bonds is 6. The van der Waals surface area contributed by atoms with Crippen LogP contribution in [-0.2, 0) is 15.7 Å². The van der Waals surface area contributed by atoms with Crippen LogP contribution in [0.4, 0.5) is 17.6 Å². The van der Waals surface area contributed by atoms with E-state index in [9.17, 15) is 27.2 Å². The van der Waals surface area contributed by atoms with Crippen LogP contribution < -0.4 is 14.9 Å². The summed E-state index contributed by atoms with van der Waals surface area (Å²) >= 11 is 1.05. The number of furan rings is 1. The van der Waals surface area contributed by atoms with Crippen molar-refractivity contribution in [3.63, 3.8) is 0 Å². The molecular formula is C33H22F4N2O4S. The molecule has 3 aromatic carbocycles. The molecule has 0 spiro atoms. The highest BCUT2D eigenvalue weighted by Gasteiger charge is 2.35. The zero-order chi connectivity index (χ0) is 31.0. The van der Waals surface area contributed by atoms with Gasteiger partial charge in [-0.25, -0.2) is 14.2 Å². The number of nitrogens with zero attached hydrogens (tertiary/aromatic N) is 2. The average Bonchev–Trinajstić information content (AvgIpc) is 3.61. The molecule has 0 N–H and O–H groups in total. The van der Waals surface area contributed by atoms with Gasteiger partial charge in [0.25, 0.3) is 5.56 Å². The molecule has 1 aliphatic heterocycles. The van der Waals surface area contributed by atoms with Crippen molar-refractivity contribution in [1.82, 2.24) is 4.57 Å². The number of carbonyl (C=O) groups excluding carboxylic acids is 1. The van der Waals surface area contributed by atoms with Crippen molar-refractivity contribution >= 4 is 29.1 Å². The zero-order valence-electron chi connectivity index (χ0n) is 23.0. The molecule has 3 heterocycles. The molecule has 5 aromatic rings. The third-order valence-corrected chi connectivity index (χ3v) is 7.92. The van der Waals surface area contributed by atoms with E-state index in [4.69, 9.17) is 14.1 Å². The lowest BCUT2D eigenvalue weighted by molar-refractivity contribution is -0.139. The maximum Gasteiger partial charge on any atom is 0.416 e. The van der Waals surface area contributed by atoms with Crippen LogP contribution in [0.25, 0.3) is 23.1 Å². The van der Waals surface area contributed by atoms with Gasteiger partial charge in [0.1, 0.15) is 17.3 Å². The van der Waals surface area contributed by atoms with Crippen LogP contribution in [-0.4, -0.2) is 17.1 Å². The van der Waals surface area contributed by atoms with Gasteiger partial charge in [0.2, 0.25) is 0 Å². The Kier molecular flexibility index (Phi) is 7.64. The Bertz CT molecular complexity index is 2070. The number of thiazole rings is 1. The number of hydrogen-bond acceptors (Lipinski definition) is 6. The standard InChI is InChI=1S/C33H22F4N2O4S/c1-2-42-31(41)27-28(19-7-4-3-5-8-19)38-32-39(29(27)20-11-13-23(34)14-12-20)30(40)26(44-32)18-24-15-16-25(43-24)21-9-6-10-22(17-21)33(35,36)37/h3-18,29H,2H2,1H3/b26-18-/t29-/m1/s1. The van der Waals surface area contributed by atoms with Gasteiger partial charge in [-0.2, -0.15) is 13.2 Å². The Morgan fingerprint density at radius 1 is 1.00 bits per heavy atom. The van der Waals surface area contributed by atoms with E-state index in [1.54, 1.807) is 37.3 Å². The Labute approximate surface area is 251 Å². The lowest BCUT2D eigenvalue weighted by atomic mass is 9.93. The third-order valence-electron chi connectivity index (χ3n) is 6.93. The molecule has 0 amide bonds. The summed E-state index contributed by atoms with van der Waals surface area (Å²) in [6, 6.07) is 21.3. The maximum absolute atomic E-state index is 13.9. The second kappa shape index (κ2) is 11.6. The molecule has 222 valence electrons. The van der Waals surface area contributed by atoms with Crippen molar-refractivity contribution in [3.8, 4) is 11.3 Å². The highest BCUT2D eigenvalue weighted by Crippen LogP contribution is 2.36. The minimum atomic E-state index is -4.51. The van der Waals surface area contributed by atoms with E-state index in [1.807, 2.05) is 6.07 Å². The lowest BCUT2D eigenvalue weighted by Crippen LogP contribution is -2.40. The molecule has 1 aliphatic rings. The molecule has 0 saturated carbocycles. The molecule has 6 nitrogen and oxygen atoms in total. The van der Waals surface area contributed by atoms with E-state index in [-0.39, 0.29) is 38.6 Å². The highest BCUT2D eigenvalue weighted by molar-refractivity contribution is 7.07. The van der Waals surface area contributed by atoms with Crippen LogP contribution in [0.5, 0.6) is 0 Å². The molecule has 2 aromatic heterocycles. The SMILES string of the molecule is CCOC(=O)C1=C(c2ccccc2)N=c2s/c(=C\c3ccc(-c4cccc(C(F)(F)F)c4)o3)c(=O)n2[C@@H]1c1ccc(F)cc1.